The molecule has 24 heavy (non-hydrogen) atoms. The van der Waals surface area contributed by atoms with Crippen LogP contribution in [0.5, 0.6) is 11.5 Å². The quantitative estimate of drug-likeness (QED) is 0.781. The number of hydrogen-bond acceptors (Lipinski definition) is 6. The van der Waals surface area contributed by atoms with Crippen LogP contribution in [0.15, 0.2) is 24.8 Å². The Bertz CT molecular complexity index is 639. The van der Waals surface area contributed by atoms with Gasteiger partial charge in [-0.2, -0.15) is 0 Å². The lowest BCUT2D eigenvalue weighted by Crippen LogP contribution is -2.44. The summed E-state index contributed by atoms with van der Waals surface area (Å²) in [5.74, 6) is 0.141. The minimum Gasteiger partial charge on any atom is -0.493 e. The second-order valence-electron chi connectivity index (χ2n) is 5.43. The van der Waals surface area contributed by atoms with Gasteiger partial charge in [-0.1, -0.05) is 6.58 Å². The molecule has 0 spiro atoms. The molecule has 1 heterocycles. The molecule has 1 saturated heterocycles. The Morgan fingerprint density at radius 2 is 1.92 bits per heavy atom. The fourth-order valence-electron chi connectivity index (χ4n) is 2.49. The monoisotopic (exact) mass is 334 g/mol. The minimum absolute atomic E-state index is 0.141. The van der Waals surface area contributed by atoms with Crippen LogP contribution in [-0.4, -0.2) is 57.2 Å². The first-order valence-corrected chi connectivity index (χ1v) is 7.50. The molecule has 8 nitrogen and oxygen atoms in total. The van der Waals surface area contributed by atoms with Gasteiger partial charge in [-0.25, -0.2) is 4.79 Å². The highest BCUT2D eigenvalue weighted by Crippen LogP contribution is 2.39. The summed E-state index contributed by atoms with van der Waals surface area (Å²) in [7, 11) is 3.53. The van der Waals surface area contributed by atoms with Gasteiger partial charge in [0.25, 0.3) is 0 Å². The molecule has 1 aliphatic rings. The highest BCUT2D eigenvalue weighted by molar-refractivity contribution is 6.01. The molecule has 2 rings (SSSR count). The number of anilines is 2. The van der Waals surface area contributed by atoms with Crippen LogP contribution in [0.2, 0.25) is 0 Å². The topological polar surface area (TPSA) is 97.1 Å². The van der Waals surface area contributed by atoms with Gasteiger partial charge in [0.15, 0.2) is 11.5 Å². The van der Waals surface area contributed by atoms with E-state index in [9.17, 15) is 9.59 Å². The number of primary amides is 1. The molecular formula is C16H22N4O4. The maximum Gasteiger partial charge on any atom is 0.410 e. The predicted octanol–water partition coefficient (Wildman–Crippen LogP) is 1.03. The molecule has 0 aromatic heterocycles. The zero-order valence-electron chi connectivity index (χ0n) is 13.9. The summed E-state index contributed by atoms with van der Waals surface area (Å²) in [6, 6.07) is 3.25. The summed E-state index contributed by atoms with van der Waals surface area (Å²) in [4.78, 5) is 27.2. The van der Waals surface area contributed by atoms with Crippen molar-refractivity contribution in [1.29, 1.82) is 0 Å². The van der Waals surface area contributed by atoms with Gasteiger partial charge in [0.1, 0.15) is 0 Å². The first-order chi connectivity index (χ1) is 11.4. The molecule has 1 aromatic carbocycles. The number of amides is 2. The molecule has 1 aliphatic heterocycles. The van der Waals surface area contributed by atoms with Crippen molar-refractivity contribution in [2.45, 2.75) is 0 Å². The second-order valence-corrected chi connectivity index (χ2v) is 5.43. The number of nitrogens with two attached hydrogens (primary N) is 1. The third-order valence-corrected chi connectivity index (χ3v) is 3.78. The molecule has 1 aromatic rings. The number of piperazine rings is 1. The Morgan fingerprint density at radius 1 is 1.25 bits per heavy atom. The van der Waals surface area contributed by atoms with Gasteiger partial charge in [-0.3, -0.25) is 4.79 Å². The van der Waals surface area contributed by atoms with Crippen molar-refractivity contribution < 1.29 is 19.1 Å². The minimum atomic E-state index is -0.957. The fraction of sp³-hybridized carbons (Fsp3) is 0.375. The van der Waals surface area contributed by atoms with Crippen molar-refractivity contribution >= 4 is 23.4 Å². The van der Waals surface area contributed by atoms with Crippen molar-refractivity contribution in [3.8, 4) is 11.5 Å². The Labute approximate surface area is 140 Å². The molecule has 8 heteroatoms. The van der Waals surface area contributed by atoms with Gasteiger partial charge in [0.05, 0.1) is 18.5 Å². The molecule has 0 radical (unpaired) electrons. The molecule has 0 unspecified atom stereocenters. The van der Waals surface area contributed by atoms with Crippen molar-refractivity contribution in [2.75, 3.05) is 50.6 Å². The number of carbonyl (C=O) groups is 2. The van der Waals surface area contributed by atoms with Gasteiger partial charge >= 0.3 is 6.09 Å². The number of ether oxygens (including phenoxy) is 2. The normalized spacial score (nSPS) is 14.8. The van der Waals surface area contributed by atoms with Crippen LogP contribution in [0.4, 0.5) is 16.2 Å². The smallest absolute Gasteiger partial charge is 0.410 e. The third-order valence-electron chi connectivity index (χ3n) is 3.78. The second kappa shape index (κ2) is 7.69. The molecule has 0 saturated carbocycles. The number of hydrogen-bond donors (Lipinski definition) is 2. The first kappa shape index (κ1) is 17.6. The van der Waals surface area contributed by atoms with Crippen LogP contribution in [0, 0.1) is 0 Å². The Kier molecular flexibility index (Phi) is 5.64. The standard InChI is InChI=1S/C16H22N4O4/c1-4-15(21)18-11-9-14(24-16(17)22)13(23-3)10-12(11)20-7-5-19(2)6-8-20/h4,9-10H,1,5-8H2,2-3H3,(H2,17,22)(H,18,21). The van der Waals surface area contributed by atoms with Crippen molar-refractivity contribution in [3.05, 3.63) is 24.8 Å². The van der Waals surface area contributed by atoms with Crippen LogP contribution in [0.1, 0.15) is 0 Å². The van der Waals surface area contributed by atoms with Crippen LogP contribution in [-0.2, 0) is 4.79 Å². The molecule has 0 bridgehead atoms. The lowest BCUT2D eigenvalue weighted by Gasteiger charge is -2.35. The zero-order valence-corrected chi connectivity index (χ0v) is 13.9. The largest absolute Gasteiger partial charge is 0.493 e. The van der Waals surface area contributed by atoms with Crippen molar-refractivity contribution in [2.24, 2.45) is 5.73 Å². The molecule has 0 aliphatic carbocycles. The van der Waals surface area contributed by atoms with E-state index in [0.717, 1.165) is 31.9 Å². The van der Waals surface area contributed by atoms with Crippen molar-refractivity contribution in [3.63, 3.8) is 0 Å². The van der Waals surface area contributed by atoms with Crippen LogP contribution < -0.4 is 25.4 Å². The molecule has 130 valence electrons. The van der Waals surface area contributed by atoms with Gasteiger partial charge in [0.2, 0.25) is 5.91 Å². The highest BCUT2D eigenvalue weighted by atomic mass is 16.6. The van der Waals surface area contributed by atoms with Crippen LogP contribution >= 0.6 is 0 Å². The number of carbonyl (C=O) groups excluding carboxylic acids is 2. The number of methoxy groups -OCH3 is 1. The molecular weight excluding hydrogens is 312 g/mol. The SMILES string of the molecule is C=CC(=O)Nc1cc(OC(N)=O)c(OC)cc1N1CCN(C)CC1. The Hall–Kier alpha value is -2.74. The van der Waals surface area contributed by atoms with Gasteiger partial charge < -0.3 is 30.3 Å². The highest BCUT2D eigenvalue weighted by Gasteiger charge is 2.21. The lowest BCUT2D eigenvalue weighted by molar-refractivity contribution is -0.111. The van der Waals surface area contributed by atoms with Gasteiger partial charge in [0, 0.05) is 38.3 Å². The average molecular weight is 334 g/mol. The maximum atomic E-state index is 11.7. The summed E-state index contributed by atoms with van der Waals surface area (Å²) in [6.45, 7) is 6.85. The summed E-state index contributed by atoms with van der Waals surface area (Å²) in [5.41, 5.74) is 6.37. The van der Waals surface area contributed by atoms with E-state index in [4.69, 9.17) is 15.2 Å². The number of benzene rings is 1. The van der Waals surface area contributed by atoms with Crippen LogP contribution in [0.3, 0.4) is 0 Å². The van der Waals surface area contributed by atoms with E-state index in [0.29, 0.717) is 11.4 Å². The van der Waals surface area contributed by atoms with Gasteiger partial charge in [-0.05, 0) is 13.1 Å². The first-order valence-electron chi connectivity index (χ1n) is 7.50. The molecule has 0 atom stereocenters. The molecule has 1 fully saturated rings. The van der Waals surface area contributed by atoms with E-state index >= 15 is 0 Å². The lowest BCUT2D eigenvalue weighted by atomic mass is 10.2. The predicted molar refractivity (Wildman–Crippen MR) is 91.7 cm³/mol. The molecule has 3 N–H and O–H groups in total. The zero-order chi connectivity index (χ0) is 17.7. The van der Waals surface area contributed by atoms with E-state index in [1.807, 2.05) is 0 Å². The molecule has 2 amide bonds. The summed E-state index contributed by atoms with van der Waals surface area (Å²) >= 11 is 0. The van der Waals surface area contributed by atoms with Crippen LogP contribution in [0.25, 0.3) is 0 Å². The fourth-order valence-corrected chi connectivity index (χ4v) is 2.49. The van der Waals surface area contributed by atoms with E-state index in [1.165, 1.54) is 19.3 Å². The third kappa shape index (κ3) is 4.17. The summed E-state index contributed by atoms with van der Waals surface area (Å²) in [5, 5.41) is 2.73. The Balaban J connectivity index is 2.43. The van der Waals surface area contributed by atoms with E-state index in [1.54, 1.807) is 6.07 Å². The van der Waals surface area contributed by atoms with E-state index in [-0.39, 0.29) is 11.7 Å². The average Bonchev–Trinajstić information content (AvgIpc) is 2.55. The van der Waals surface area contributed by atoms with E-state index < -0.39 is 6.09 Å². The van der Waals surface area contributed by atoms with E-state index in [2.05, 4.69) is 28.7 Å². The number of nitrogens with zero attached hydrogens (tertiary/aromatic N) is 2. The summed E-state index contributed by atoms with van der Waals surface area (Å²) in [6.07, 6.45) is 0.216. The Morgan fingerprint density at radius 3 is 2.46 bits per heavy atom. The number of likely N-dealkylation sites (N-methyl/N-ethyl adjacent to an activating group) is 1. The number of nitrogens with one attached hydrogen (secondary N) is 1. The van der Waals surface area contributed by atoms with Crippen molar-refractivity contribution in [1.82, 2.24) is 4.90 Å². The summed E-state index contributed by atoms with van der Waals surface area (Å²) < 4.78 is 10.2. The van der Waals surface area contributed by atoms with Gasteiger partial charge in [-0.15, -0.1) is 0 Å². The number of rotatable bonds is 5. The maximum absolute atomic E-state index is 11.7.